The molecule has 19 heavy (non-hydrogen) atoms. The van der Waals surface area contributed by atoms with Crippen LogP contribution in [-0.2, 0) is 14.8 Å². The summed E-state index contributed by atoms with van der Waals surface area (Å²) in [6.07, 6.45) is 0. The molecule has 0 bridgehead atoms. The van der Waals surface area contributed by atoms with E-state index in [1.807, 2.05) is 0 Å². The zero-order chi connectivity index (χ0) is 14.5. The third-order valence-corrected chi connectivity index (χ3v) is 4.79. The molecule has 0 aliphatic heterocycles. The number of halogens is 2. The Balaban J connectivity index is 3.11. The van der Waals surface area contributed by atoms with E-state index < -0.39 is 15.8 Å². The molecule has 0 aliphatic rings. The predicted octanol–water partition coefficient (Wildman–Crippen LogP) is 1.11. The second kappa shape index (κ2) is 7.16. The number of sulfonamides is 1. The average Bonchev–Trinajstić information content (AvgIpc) is 2.33. The van der Waals surface area contributed by atoms with Crippen LogP contribution >= 0.6 is 11.6 Å². The maximum absolute atomic E-state index is 12.9. The van der Waals surface area contributed by atoms with Crippen LogP contribution in [0.5, 0.6) is 0 Å². The van der Waals surface area contributed by atoms with Crippen LogP contribution in [-0.4, -0.2) is 51.2 Å². The highest BCUT2D eigenvalue weighted by Gasteiger charge is 2.26. The first-order valence-corrected chi connectivity index (χ1v) is 7.30. The molecule has 0 heterocycles. The van der Waals surface area contributed by atoms with Crippen molar-refractivity contribution in [3.8, 4) is 0 Å². The molecule has 1 rings (SSSR count). The third-order valence-electron chi connectivity index (χ3n) is 2.41. The third kappa shape index (κ3) is 4.12. The Kier molecular flexibility index (Phi) is 6.15. The van der Waals surface area contributed by atoms with E-state index in [9.17, 15) is 12.8 Å². The van der Waals surface area contributed by atoms with Gasteiger partial charge in [0.05, 0.1) is 18.2 Å². The highest BCUT2D eigenvalue weighted by molar-refractivity contribution is 7.89. The summed E-state index contributed by atoms with van der Waals surface area (Å²) in [5, 5.41) is 8.73. The van der Waals surface area contributed by atoms with Gasteiger partial charge in [-0.3, -0.25) is 0 Å². The molecule has 8 heteroatoms. The van der Waals surface area contributed by atoms with Crippen LogP contribution in [0.1, 0.15) is 0 Å². The molecule has 1 aromatic carbocycles. The number of aliphatic hydroxyl groups excluding tert-OH is 1. The van der Waals surface area contributed by atoms with Crippen molar-refractivity contribution in [1.82, 2.24) is 4.31 Å². The lowest BCUT2D eigenvalue weighted by Crippen LogP contribution is -2.36. The van der Waals surface area contributed by atoms with Gasteiger partial charge in [-0.05, 0) is 18.2 Å². The van der Waals surface area contributed by atoms with Crippen molar-refractivity contribution in [2.24, 2.45) is 0 Å². The molecular formula is C11H15ClFNO4S. The molecule has 0 saturated heterocycles. The van der Waals surface area contributed by atoms with Crippen LogP contribution in [0.2, 0.25) is 5.02 Å². The monoisotopic (exact) mass is 311 g/mol. The van der Waals surface area contributed by atoms with Crippen molar-refractivity contribution in [1.29, 1.82) is 0 Å². The summed E-state index contributed by atoms with van der Waals surface area (Å²) in [5.41, 5.74) is 0. The molecule has 0 radical (unpaired) electrons. The van der Waals surface area contributed by atoms with E-state index in [2.05, 4.69) is 0 Å². The Bertz CT molecular complexity index is 523. The summed E-state index contributed by atoms with van der Waals surface area (Å²) in [7, 11) is -2.45. The molecule has 0 aliphatic carbocycles. The van der Waals surface area contributed by atoms with Gasteiger partial charge in [0.1, 0.15) is 10.7 Å². The lowest BCUT2D eigenvalue weighted by molar-refractivity contribution is 0.168. The van der Waals surface area contributed by atoms with E-state index in [4.69, 9.17) is 21.4 Å². The van der Waals surface area contributed by atoms with Crippen LogP contribution < -0.4 is 0 Å². The molecule has 108 valence electrons. The Morgan fingerprint density at radius 2 is 2.11 bits per heavy atom. The van der Waals surface area contributed by atoms with Gasteiger partial charge in [-0.15, -0.1) is 0 Å². The summed E-state index contributed by atoms with van der Waals surface area (Å²) in [5.74, 6) is -0.616. The normalized spacial score (nSPS) is 12.1. The van der Waals surface area contributed by atoms with Crippen molar-refractivity contribution in [3.05, 3.63) is 29.0 Å². The van der Waals surface area contributed by atoms with E-state index in [1.165, 1.54) is 7.11 Å². The maximum atomic E-state index is 12.9. The second-order valence-corrected chi connectivity index (χ2v) is 6.01. The number of aliphatic hydroxyl groups is 1. The van der Waals surface area contributed by atoms with Gasteiger partial charge in [0.25, 0.3) is 0 Å². The van der Waals surface area contributed by atoms with E-state index in [0.717, 1.165) is 22.5 Å². The van der Waals surface area contributed by atoms with Crippen LogP contribution in [0.4, 0.5) is 4.39 Å². The SMILES string of the molecule is COCCN(CCO)S(=O)(=O)c1ccc(F)cc1Cl. The minimum atomic E-state index is -3.89. The highest BCUT2D eigenvalue weighted by atomic mass is 35.5. The predicted molar refractivity (Wildman–Crippen MR) is 69.1 cm³/mol. The molecule has 0 unspecified atom stereocenters. The molecule has 1 aromatic rings. The van der Waals surface area contributed by atoms with E-state index in [0.29, 0.717) is 0 Å². The summed E-state index contributed by atoms with van der Waals surface area (Å²) < 4.78 is 43.4. The van der Waals surface area contributed by atoms with Crippen LogP contribution in [0.25, 0.3) is 0 Å². The van der Waals surface area contributed by atoms with Gasteiger partial charge in [-0.25, -0.2) is 12.8 Å². The molecule has 0 amide bonds. The number of methoxy groups -OCH3 is 1. The van der Waals surface area contributed by atoms with Crippen molar-refractivity contribution in [2.75, 3.05) is 33.4 Å². The van der Waals surface area contributed by atoms with Gasteiger partial charge in [-0.2, -0.15) is 4.31 Å². The first kappa shape index (κ1) is 16.3. The largest absolute Gasteiger partial charge is 0.395 e. The smallest absolute Gasteiger partial charge is 0.244 e. The second-order valence-electron chi connectivity index (χ2n) is 3.70. The van der Waals surface area contributed by atoms with Gasteiger partial charge >= 0.3 is 0 Å². The number of rotatable bonds is 7. The Hall–Kier alpha value is -0.730. The lowest BCUT2D eigenvalue weighted by atomic mass is 10.3. The number of hydrogen-bond donors (Lipinski definition) is 1. The summed E-state index contributed by atoms with van der Waals surface area (Å²) in [6, 6.07) is 3.05. The Morgan fingerprint density at radius 1 is 1.42 bits per heavy atom. The van der Waals surface area contributed by atoms with Gasteiger partial charge in [0.15, 0.2) is 0 Å². The van der Waals surface area contributed by atoms with Crippen LogP contribution in [0, 0.1) is 5.82 Å². The fourth-order valence-electron chi connectivity index (χ4n) is 1.48. The van der Waals surface area contributed by atoms with E-state index >= 15 is 0 Å². The number of nitrogens with zero attached hydrogens (tertiary/aromatic N) is 1. The molecular weight excluding hydrogens is 297 g/mol. The van der Waals surface area contributed by atoms with Crippen LogP contribution in [0.15, 0.2) is 23.1 Å². The zero-order valence-electron chi connectivity index (χ0n) is 10.3. The zero-order valence-corrected chi connectivity index (χ0v) is 11.9. The minimum absolute atomic E-state index is 0.0765. The average molecular weight is 312 g/mol. The molecule has 0 atom stereocenters. The number of ether oxygens (including phenoxy) is 1. The van der Waals surface area contributed by atoms with Crippen LogP contribution in [0.3, 0.4) is 0 Å². The van der Waals surface area contributed by atoms with Crippen molar-refractivity contribution < 1.29 is 22.7 Å². The highest BCUT2D eigenvalue weighted by Crippen LogP contribution is 2.25. The van der Waals surface area contributed by atoms with E-state index in [-0.39, 0.29) is 36.2 Å². The Labute approximate surface area is 116 Å². The molecule has 5 nitrogen and oxygen atoms in total. The van der Waals surface area contributed by atoms with Crippen molar-refractivity contribution >= 4 is 21.6 Å². The lowest BCUT2D eigenvalue weighted by Gasteiger charge is -2.21. The first-order chi connectivity index (χ1) is 8.93. The van der Waals surface area contributed by atoms with Crippen molar-refractivity contribution in [3.63, 3.8) is 0 Å². The number of benzene rings is 1. The summed E-state index contributed by atoms with van der Waals surface area (Å²) in [4.78, 5) is -0.194. The molecule has 0 aromatic heterocycles. The maximum Gasteiger partial charge on any atom is 0.244 e. The molecule has 0 fully saturated rings. The fourth-order valence-corrected chi connectivity index (χ4v) is 3.40. The van der Waals surface area contributed by atoms with Gasteiger partial charge < -0.3 is 9.84 Å². The number of hydrogen-bond acceptors (Lipinski definition) is 4. The standard InChI is InChI=1S/C11H15ClFNO4S/c1-18-7-5-14(4-6-15)19(16,17)11-3-2-9(13)8-10(11)12/h2-3,8,15H,4-7H2,1H3. The summed E-state index contributed by atoms with van der Waals surface area (Å²) in [6.45, 7) is -0.160. The molecule has 0 spiro atoms. The fraction of sp³-hybridized carbons (Fsp3) is 0.455. The quantitative estimate of drug-likeness (QED) is 0.819. The Morgan fingerprint density at radius 3 is 2.63 bits per heavy atom. The van der Waals surface area contributed by atoms with Gasteiger partial charge in [-0.1, -0.05) is 11.6 Å². The topological polar surface area (TPSA) is 66.8 Å². The molecule has 1 N–H and O–H groups in total. The summed E-state index contributed by atoms with van der Waals surface area (Å²) >= 11 is 5.75. The molecule has 0 saturated carbocycles. The minimum Gasteiger partial charge on any atom is -0.395 e. The van der Waals surface area contributed by atoms with E-state index in [1.54, 1.807) is 0 Å². The van der Waals surface area contributed by atoms with Gasteiger partial charge in [0, 0.05) is 20.2 Å². The van der Waals surface area contributed by atoms with Crippen molar-refractivity contribution in [2.45, 2.75) is 4.90 Å². The first-order valence-electron chi connectivity index (χ1n) is 5.48. The van der Waals surface area contributed by atoms with Gasteiger partial charge in [0.2, 0.25) is 10.0 Å².